The number of halogens is 2. The fraction of sp³-hybridized carbons (Fsp3) is 0.143. The zero-order valence-corrected chi connectivity index (χ0v) is 10.7. The van der Waals surface area contributed by atoms with Crippen molar-refractivity contribution in [2.24, 2.45) is 0 Å². The fourth-order valence-corrected chi connectivity index (χ4v) is 1.92. The highest BCUT2D eigenvalue weighted by Crippen LogP contribution is 2.23. The summed E-state index contributed by atoms with van der Waals surface area (Å²) in [7, 11) is 0. The maximum atomic E-state index is 13.2. The third-order valence-corrected chi connectivity index (χ3v) is 2.87. The Labute approximate surface area is 113 Å². The predicted octanol–water partition coefficient (Wildman–Crippen LogP) is 3.17. The lowest BCUT2D eigenvalue weighted by atomic mass is 10.2. The van der Waals surface area contributed by atoms with Crippen LogP contribution in [0.3, 0.4) is 0 Å². The summed E-state index contributed by atoms with van der Waals surface area (Å²) < 4.78 is 33.6. The molecule has 2 aromatic heterocycles. The summed E-state index contributed by atoms with van der Waals surface area (Å²) >= 11 is 0. The topological polar surface area (TPSA) is 43.9 Å². The van der Waals surface area contributed by atoms with Crippen molar-refractivity contribution in [1.29, 1.82) is 0 Å². The number of aromatic nitrogens is 3. The maximum Gasteiger partial charge on any atom is 0.226 e. The first kappa shape index (κ1) is 12.5. The van der Waals surface area contributed by atoms with Crippen LogP contribution in [0.15, 0.2) is 41.1 Å². The summed E-state index contributed by atoms with van der Waals surface area (Å²) in [6.45, 7) is 2.20. The average molecular weight is 275 g/mol. The molecule has 0 amide bonds. The zero-order valence-electron chi connectivity index (χ0n) is 10.7. The van der Waals surface area contributed by atoms with Crippen molar-refractivity contribution in [3.8, 4) is 11.5 Å². The highest BCUT2D eigenvalue weighted by molar-refractivity contribution is 5.53. The van der Waals surface area contributed by atoms with Crippen LogP contribution in [0.5, 0.6) is 0 Å². The van der Waals surface area contributed by atoms with E-state index in [1.54, 1.807) is 30.1 Å². The Bertz CT molecular complexity index is 715. The molecule has 0 aliphatic carbocycles. The van der Waals surface area contributed by atoms with E-state index in [9.17, 15) is 8.78 Å². The third kappa shape index (κ3) is 2.45. The second kappa shape index (κ2) is 4.88. The minimum absolute atomic E-state index is 0.197. The Balaban J connectivity index is 1.95. The molecular formula is C14H11F2N3O. The van der Waals surface area contributed by atoms with E-state index in [4.69, 9.17) is 4.42 Å². The van der Waals surface area contributed by atoms with Crippen LogP contribution >= 0.6 is 0 Å². The molecule has 6 heteroatoms. The van der Waals surface area contributed by atoms with Gasteiger partial charge in [-0.25, -0.2) is 13.8 Å². The van der Waals surface area contributed by atoms with Crippen molar-refractivity contribution in [2.75, 3.05) is 0 Å². The van der Waals surface area contributed by atoms with Gasteiger partial charge in [0.25, 0.3) is 0 Å². The molecule has 2 heterocycles. The Morgan fingerprint density at radius 3 is 2.60 bits per heavy atom. The quantitative estimate of drug-likeness (QED) is 0.737. The van der Waals surface area contributed by atoms with Gasteiger partial charge in [-0.05, 0) is 25.1 Å². The fourth-order valence-electron chi connectivity index (χ4n) is 1.92. The molecular weight excluding hydrogens is 264 g/mol. The smallest absolute Gasteiger partial charge is 0.226 e. The lowest BCUT2D eigenvalue weighted by molar-refractivity contribution is 0.532. The molecule has 0 unspecified atom stereocenters. The van der Waals surface area contributed by atoms with Crippen molar-refractivity contribution < 1.29 is 13.2 Å². The van der Waals surface area contributed by atoms with Gasteiger partial charge in [-0.15, -0.1) is 0 Å². The molecule has 3 aromatic rings. The van der Waals surface area contributed by atoms with Crippen molar-refractivity contribution in [2.45, 2.75) is 13.5 Å². The zero-order chi connectivity index (χ0) is 14.1. The first-order valence-electron chi connectivity index (χ1n) is 6.02. The van der Waals surface area contributed by atoms with Gasteiger partial charge in [-0.2, -0.15) is 5.10 Å². The highest BCUT2D eigenvalue weighted by Gasteiger charge is 2.13. The highest BCUT2D eigenvalue weighted by atomic mass is 19.1. The van der Waals surface area contributed by atoms with Gasteiger partial charge in [0.05, 0.1) is 6.54 Å². The summed E-state index contributed by atoms with van der Waals surface area (Å²) in [6.07, 6.45) is 3.47. The van der Waals surface area contributed by atoms with Crippen LogP contribution in [0.4, 0.5) is 8.78 Å². The van der Waals surface area contributed by atoms with Gasteiger partial charge in [0.15, 0.2) is 0 Å². The molecule has 0 saturated heterocycles. The number of hydrogen-bond donors (Lipinski definition) is 0. The van der Waals surface area contributed by atoms with Crippen molar-refractivity contribution in [3.63, 3.8) is 0 Å². The van der Waals surface area contributed by atoms with E-state index in [-0.39, 0.29) is 11.5 Å². The minimum atomic E-state index is -0.663. The normalized spacial score (nSPS) is 10.9. The van der Waals surface area contributed by atoms with Crippen molar-refractivity contribution >= 4 is 0 Å². The largest absolute Gasteiger partial charge is 0.441 e. The molecule has 0 aliphatic heterocycles. The molecule has 0 aliphatic rings. The van der Waals surface area contributed by atoms with Crippen LogP contribution in [0.2, 0.25) is 0 Å². The minimum Gasteiger partial charge on any atom is -0.441 e. The number of benzene rings is 1. The van der Waals surface area contributed by atoms with Gasteiger partial charge in [-0.3, -0.25) is 4.68 Å². The van der Waals surface area contributed by atoms with E-state index in [0.717, 1.165) is 6.07 Å². The van der Waals surface area contributed by atoms with Crippen LogP contribution in [0, 0.1) is 18.6 Å². The van der Waals surface area contributed by atoms with E-state index in [0.29, 0.717) is 18.0 Å². The van der Waals surface area contributed by atoms with Crippen LogP contribution < -0.4 is 0 Å². The van der Waals surface area contributed by atoms with E-state index in [1.807, 2.05) is 0 Å². The van der Waals surface area contributed by atoms with Crippen LogP contribution in [0.1, 0.15) is 11.5 Å². The van der Waals surface area contributed by atoms with Crippen LogP contribution in [-0.4, -0.2) is 14.8 Å². The van der Waals surface area contributed by atoms with Gasteiger partial charge < -0.3 is 4.42 Å². The summed E-state index contributed by atoms with van der Waals surface area (Å²) in [5.74, 6) is -0.530. The van der Waals surface area contributed by atoms with Gasteiger partial charge in [0, 0.05) is 24.0 Å². The summed E-state index contributed by atoms with van der Waals surface area (Å²) in [5, 5.41) is 4.08. The predicted molar refractivity (Wildman–Crippen MR) is 67.9 cm³/mol. The van der Waals surface area contributed by atoms with E-state index < -0.39 is 11.6 Å². The maximum absolute atomic E-state index is 13.2. The van der Waals surface area contributed by atoms with Crippen molar-refractivity contribution in [3.05, 3.63) is 59.7 Å². The number of nitrogens with zero attached hydrogens (tertiary/aromatic N) is 3. The second-order valence-corrected chi connectivity index (χ2v) is 4.38. The Morgan fingerprint density at radius 2 is 1.95 bits per heavy atom. The Hall–Kier alpha value is -2.50. The molecule has 0 N–H and O–H groups in total. The van der Waals surface area contributed by atoms with E-state index in [2.05, 4.69) is 10.1 Å². The molecule has 0 saturated carbocycles. The molecule has 0 radical (unpaired) electrons. The first-order chi connectivity index (χ1) is 9.61. The Morgan fingerprint density at radius 1 is 1.20 bits per heavy atom. The van der Waals surface area contributed by atoms with Crippen LogP contribution in [-0.2, 0) is 6.54 Å². The number of oxazole rings is 1. The molecule has 1 aromatic carbocycles. The van der Waals surface area contributed by atoms with Gasteiger partial charge in [0.1, 0.15) is 23.1 Å². The standard InChI is InChI=1S/C14H11F2N3O/c1-9-13(8-19-4-2-3-17-19)18-14(20-9)10-5-11(15)7-12(16)6-10/h2-7H,8H2,1H3. The van der Waals surface area contributed by atoms with E-state index in [1.165, 1.54) is 12.1 Å². The molecule has 0 bridgehead atoms. The molecule has 0 fully saturated rings. The Kier molecular flexibility index (Phi) is 3.06. The van der Waals surface area contributed by atoms with Crippen molar-refractivity contribution in [1.82, 2.24) is 14.8 Å². The van der Waals surface area contributed by atoms with Gasteiger partial charge >= 0.3 is 0 Å². The second-order valence-electron chi connectivity index (χ2n) is 4.38. The summed E-state index contributed by atoms with van der Waals surface area (Å²) in [6, 6.07) is 4.99. The SMILES string of the molecule is Cc1oc(-c2cc(F)cc(F)c2)nc1Cn1cccn1. The molecule has 0 atom stereocenters. The lowest BCUT2D eigenvalue weighted by Crippen LogP contribution is -2.01. The number of aryl methyl sites for hydroxylation is 1. The van der Waals surface area contributed by atoms with E-state index >= 15 is 0 Å². The molecule has 102 valence electrons. The first-order valence-corrected chi connectivity index (χ1v) is 6.02. The number of hydrogen-bond acceptors (Lipinski definition) is 3. The molecule has 3 rings (SSSR count). The van der Waals surface area contributed by atoms with Crippen LogP contribution in [0.25, 0.3) is 11.5 Å². The number of rotatable bonds is 3. The third-order valence-electron chi connectivity index (χ3n) is 2.87. The van der Waals surface area contributed by atoms with Gasteiger partial charge in [-0.1, -0.05) is 0 Å². The average Bonchev–Trinajstić information content (AvgIpc) is 3.00. The molecule has 0 spiro atoms. The molecule has 20 heavy (non-hydrogen) atoms. The summed E-state index contributed by atoms with van der Waals surface area (Å²) in [5.41, 5.74) is 0.950. The lowest BCUT2D eigenvalue weighted by Gasteiger charge is -1.97. The summed E-state index contributed by atoms with van der Waals surface area (Å²) in [4.78, 5) is 4.28. The monoisotopic (exact) mass is 275 g/mol. The van der Waals surface area contributed by atoms with Gasteiger partial charge in [0.2, 0.25) is 5.89 Å². The molecule has 4 nitrogen and oxygen atoms in total.